The molecular formula is C13H18N2O2. The zero-order chi connectivity index (χ0) is 12.1. The summed E-state index contributed by atoms with van der Waals surface area (Å²) in [6, 6.07) is 6.20. The number of hydrazine groups is 1. The van der Waals surface area contributed by atoms with Crippen molar-refractivity contribution < 1.29 is 9.53 Å². The van der Waals surface area contributed by atoms with Crippen LogP contribution in [0.4, 0.5) is 0 Å². The summed E-state index contributed by atoms with van der Waals surface area (Å²) in [6.45, 7) is 0.363. The Kier molecular flexibility index (Phi) is 3.98. The van der Waals surface area contributed by atoms with E-state index in [0.717, 1.165) is 12.2 Å². The predicted molar refractivity (Wildman–Crippen MR) is 65.5 cm³/mol. The number of ether oxygens (including phenoxy) is 1. The first-order chi connectivity index (χ1) is 8.29. The van der Waals surface area contributed by atoms with Crippen LogP contribution in [0.1, 0.15) is 30.4 Å². The second-order valence-corrected chi connectivity index (χ2v) is 4.30. The first-order valence-corrected chi connectivity index (χ1v) is 6.03. The maximum absolute atomic E-state index is 10.9. The molecule has 0 spiro atoms. The summed E-state index contributed by atoms with van der Waals surface area (Å²) in [5, 5.41) is 0. The molecule has 1 aliphatic rings. The molecule has 0 atom stereocenters. The second kappa shape index (κ2) is 5.68. The third-order valence-corrected chi connectivity index (χ3v) is 3.08. The molecule has 0 bridgehead atoms. The van der Waals surface area contributed by atoms with E-state index in [2.05, 4.69) is 17.6 Å². The van der Waals surface area contributed by atoms with Crippen molar-refractivity contribution in [1.82, 2.24) is 5.43 Å². The van der Waals surface area contributed by atoms with Gasteiger partial charge in [-0.25, -0.2) is 5.84 Å². The van der Waals surface area contributed by atoms with E-state index in [1.165, 1.54) is 30.4 Å². The Hall–Kier alpha value is -1.55. The number of fused-ring (bicyclic) bond motifs is 1. The number of nitrogens with one attached hydrogen (secondary N) is 1. The topological polar surface area (TPSA) is 64.3 Å². The number of rotatable bonds is 4. The number of nitrogens with two attached hydrogens (primary N) is 1. The smallest absolute Gasteiger partial charge is 0.237 e. The molecule has 1 aromatic rings. The molecule has 1 amide bonds. The Bertz CT molecular complexity index is 404. The molecule has 0 saturated heterocycles. The molecule has 4 heteroatoms. The van der Waals surface area contributed by atoms with Crippen LogP contribution >= 0.6 is 0 Å². The predicted octanol–water partition coefficient (Wildman–Crippen LogP) is 1.32. The van der Waals surface area contributed by atoms with Crippen molar-refractivity contribution in [2.24, 2.45) is 5.84 Å². The lowest BCUT2D eigenvalue weighted by Crippen LogP contribution is -2.31. The van der Waals surface area contributed by atoms with Crippen LogP contribution in [0.3, 0.4) is 0 Å². The van der Waals surface area contributed by atoms with Gasteiger partial charge in [0.15, 0.2) is 0 Å². The molecule has 1 aromatic carbocycles. The molecule has 0 fully saturated rings. The molecule has 0 aliphatic heterocycles. The van der Waals surface area contributed by atoms with Gasteiger partial charge < -0.3 is 4.74 Å². The summed E-state index contributed by atoms with van der Waals surface area (Å²) in [6.07, 6.45) is 5.13. The van der Waals surface area contributed by atoms with Crippen LogP contribution in [-0.2, 0) is 17.6 Å². The minimum Gasteiger partial charge on any atom is -0.493 e. The van der Waals surface area contributed by atoms with E-state index in [-0.39, 0.29) is 12.3 Å². The zero-order valence-electron chi connectivity index (χ0n) is 9.87. The first-order valence-electron chi connectivity index (χ1n) is 6.03. The van der Waals surface area contributed by atoms with E-state index in [4.69, 9.17) is 10.6 Å². The van der Waals surface area contributed by atoms with Crippen LogP contribution in [0.5, 0.6) is 5.75 Å². The lowest BCUT2D eigenvalue weighted by atomic mass is 9.92. The maximum Gasteiger partial charge on any atom is 0.237 e. The van der Waals surface area contributed by atoms with Crippen LogP contribution in [0.15, 0.2) is 18.2 Å². The second-order valence-electron chi connectivity index (χ2n) is 4.30. The van der Waals surface area contributed by atoms with Crippen LogP contribution < -0.4 is 16.0 Å². The van der Waals surface area contributed by atoms with E-state index in [1.807, 2.05) is 6.07 Å². The van der Waals surface area contributed by atoms with E-state index in [9.17, 15) is 4.79 Å². The third kappa shape index (κ3) is 3.20. The lowest BCUT2D eigenvalue weighted by molar-refractivity contribution is -0.121. The van der Waals surface area contributed by atoms with Crippen LogP contribution in [0.25, 0.3) is 0 Å². The van der Waals surface area contributed by atoms with Gasteiger partial charge in [0.25, 0.3) is 0 Å². The van der Waals surface area contributed by atoms with Crippen molar-refractivity contribution >= 4 is 5.91 Å². The summed E-state index contributed by atoms with van der Waals surface area (Å²) in [7, 11) is 0. The van der Waals surface area contributed by atoms with E-state index < -0.39 is 0 Å². The number of benzene rings is 1. The Morgan fingerprint density at radius 1 is 1.29 bits per heavy atom. The minimum atomic E-state index is -0.206. The van der Waals surface area contributed by atoms with Crippen molar-refractivity contribution in [2.75, 3.05) is 6.61 Å². The van der Waals surface area contributed by atoms with Crippen LogP contribution in [-0.4, -0.2) is 12.5 Å². The third-order valence-electron chi connectivity index (χ3n) is 3.08. The highest BCUT2D eigenvalue weighted by Gasteiger charge is 2.09. The van der Waals surface area contributed by atoms with Gasteiger partial charge >= 0.3 is 0 Å². The highest BCUT2D eigenvalue weighted by Crippen LogP contribution is 2.25. The molecule has 0 radical (unpaired) electrons. The Balaban J connectivity index is 1.91. The molecule has 0 aromatic heterocycles. The highest BCUT2D eigenvalue weighted by atomic mass is 16.5. The first kappa shape index (κ1) is 11.9. The fourth-order valence-corrected chi connectivity index (χ4v) is 2.13. The molecule has 4 nitrogen and oxygen atoms in total. The number of hydrogen-bond acceptors (Lipinski definition) is 3. The number of aryl methyl sites for hydroxylation is 2. The summed E-state index contributed by atoms with van der Waals surface area (Å²) >= 11 is 0. The van der Waals surface area contributed by atoms with Gasteiger partial charge in [0.1, 0.15) is 5.75 Å². The molecule has 2 rings (SSSR count). The van der Waals surface area contributed by atoms with Crippen molar-refractivity contribution in [3.05, 3.63) is 29.3 Å². The Labute approximate surface area is 101 Å². The van der Waals surface area contributed by atoms with Crippen molar-refractivity contribution in [2.45, 2.75) is 32.1 Å². The Morgan fingerprint density at radius 3 is 2.82 bits per heavy atom. The fourth-order valence-electron chi connectivity index (χ4n) is 2.13. The molecule has 3 N–H and O–H groups in total. The van der Waals surface area contributed by atoms with Crippen molar-refractivity contribution in [3.8, 4) is 5.75 Å². The van der Waals surface area contributed by atoms with Gasteiger partial charge in [-0.3, -0.25) is 10.2 Å². The van der Waals surface area contributed by atoms with Gasteiger partial charge in [-0.05, 0) is 48.9 Å². The summed E-state index contributed by atoms with van der Waals surface area (Å²) in [5.74, 6) is 5.62. The number of carbonyl (C=O) groups is 1. The van der Waals surface area contributed by atoms with E-state index >= 15 is 0 Å². The average Bonchev–Trinajstić information content (AvgIpc) is 2.38. The number of amides is 1. The van der Waals surface area contributed by atoms with Crippen LogP contribution in [0.2, 0.25) is 0 Å². The molecular weight excluding hydrogens is 216 g/mol. The van der Waals surface area contributed by atoms with Crippen LogP contribution in [0, 0.1) is 0 Å². The maximum atomic E-state index is 10.9. The highest BCUT2D eigenvalue weighted by molar-refractivity contribution is 5.75. The van der Waals surface area contributed by atoms with Gasteiger partial charge in [-0.1, -0.05) is 6.07 Å². The monoisotopic (exact) mass is 234 g/mol. The standard InChI is InChI=1S/C13H18N2O2/c14-15-13(16)7-8-17-12-6-5-10-3-1-2-4-11(10)9-12/h5-6,9H,1-4,7-8,14H2,(H,15,16). The molecule has 0 unspecified atom stereocenters. The van der Waals surface area contributed by atoms with Gasteiger partial charge in [0.05, 0.1) is 13.0 Å². The fraction of sp³-hybridized carbons (Fsp3) is 0.462. The molecule has 17 heavy (non-hydrogen) atoms. The van der Waals surface area contributed by atoms with Gasteiger partial charge in [-0.2, -0.15) is 0 Å². The minimum absolute atomic E-state index is 0.206. The van der Waals surface area contributed by atoms with Gasteiger partial charge in [0.2, 0.25) is 5.91 Å². The van der Waals surface area contributed by atoms with Gasteiger partial charge in [0, 0.05) is 0 Å². The van der Waals surface area contributed by atoms with E-state index in [1.54, 1.807) is 0 Å². The van der Waals surface area contributed by atoms with Crippen molar-refractivity contribution in [3.63, 3.8) is 0 Å². The molecule has 1 aliphatic carbocycles. The largest absolute Gasteiger partial charge is 0.493 e. The Morgan fingerprint density at radius 2 is 2.06 bits per heavy atom. The molecule has 92 valence electrons. The molecule has 0 heterocycles. The summed E-state index contributed by atoms with van der Waals surface area (Å²) in [4.78, 5) is 10.9. The van der Waals surface area contributed by atoms with Crippen molar-refractivity contribution in [1.29, 1.82) is 0 Å². The lowest BCUT2D eigenvalue weighted by Gasteiger charge is -2.16. The van der Waals surface area contributed by atoms with E-state index in [0.29, 0.717) is 6.61 Å². The normalized spacial score (nSPS) is 13.9. The summed E-state index contributed by atoms with van der Waals surface area (Å²) in [5.41, 5.74) is 4.90. The number of carbonyl (C=O) groups excluding carboxylic acids is 1. The SMILES string of the molecule is NNC(=O)CCOc1ccc2c(c1)CCCC2. The summed E-state index contributed by atoms with van der Waals surface area (Å²) < 4.78 is 5.53. The average molecular weight is 234 g/mol. The van der Waals surface area contributed by atoms with Gasteiger partial charge in [-0.15, -0.1) is 0 Å². The number of hydrogen-bond donors (Lipinski definition) is 2. The quantitative estimate of drug-likeness (QED) is 0.469. The molecule has 0 saturated carbocycles. The zero-order valence-corrected chi connectivity index (χ0v) is 9.87.